The number of β-amino-alcohol motifs (C(OH)–C–C–N with tert-alkyl or cyclic N) is 1. The zero-order chi connectivity index (χ0) is 19.8. The van der Waals surface area contributed by atoms with Crippen molar-refractivity contribution in [2.45, 2.75) is 50.8 Å². The van der Waals surface area contributed by atoms with Crippen molar-refractivity contribution in [3.8, 4) is 0 Å². The molecule has 29 heavy (non-hydrogen) atoms. The van der Waals surface area contributed by atoms with Crippen LogP contribution in [0.3, 0.4) is 0 Å². The molecule has 0 amide bonds. The molecule has 0 bridgehead atoms. The lowest BCUT2D eigenvalue weighted by Crippen LogP contribution is -2.56. The Kier molecular flexibility index (Phi) is 5.37. The van der Waals surface area contributed by atoms with E-state index in [1.807, 2.05) is 17.9 Å². The quantitative estimate of drug-likeness (QED) is 0.861. The van der Waals surface area contributed by atoms with Gasteiger partial charge in [0.15, 0.2) is 0 Å². The van der Waals surface area contributed by atoms with Crippen LogP contribution in [0.15, 0.2) is 24.4 Å². The minimum atomic E-state index is -0.175. The fraction of sp³-hybridized carbons (Fsp3) is 0.696. The fourth-order valence-corrected chi connectivity index (χ4v) is 5.84. The van der Waals surface area contributed by atoms with Crippen molar-refractivity contribution in [3.63, 3.8) is 0 Å². The monoisotopic (exact) mass is 398 g/mol. The summed E-state index contributed by atoms with van der Waals surface area (Å²) in [7, 11) is 1.99. The summed E-state index contributed by atoms with van der Waals surface area (Å²) in [5.74, 6) is 0. The average molecular weight is 399 g/mol. The van der Waals surface area contributed by atoms with Gasteiger partial charge in [-0.1, -0.05) is 6.07 Å². The number of ether oxygens (including phenoxy) is 1. The van der Waals surface area contributed by atoms with Crippen LogP contribution < -0.4 is 0 Å². The van der Waals surface area contributed by atoms with E-state index in [4.69, 9.17) is 4.74 Å². The molecule has 1 unspecified atom stereocenters. The van der Waals surface area contributed by atoms with Crippen LogP contribution in [-0.2, 0) is 18.3 Å². The van der Waals surface area contributed by atoms with E-state index in [1.54, 1.807) is 0 Å². The number of likely N-dealkylation sites (tertiary alicyclic amines) is 2. The smallest absolute Gasteiger partial charge is 0.0679 e. The third-order valence-corrected chi connectivity index (χ3v) is 7.49. The molecular weight excluding hydrogens is 364 g/mol. The predicted octanol–water partition coefficient (Wildman–Crippen LogP) is 2.40. The highest BCUT2D eigenvalue weighted by Gasteiger charge is 2.43. The highest BCUT2D eigenvalue weighted by Crippen LogP contribution is 2.41. The lowest BCUT2D eigenvalue weighted by molar-refractivity contribution is -0.0726. The highest BCUT2D eigenvalue weighted by molar-refractivity contribution is 5.79. The maximum absolute atomic E-state index is 10.6. The van der Waals surface area contributed by atoms with E-state index < -0.39 is 0 Å². The maximum Gasteiger partial charge on any atom is 0.0679 e. The van der Waals surface area contributed by atoms with Gasteiger partial charge in [0.25, 0.3) is 0 Å². The fourth-order valence-electron chi connectivity index (χ4n) is 5.84. The highest BCUT2D eigenvalue weighted by atomic mass is 16.5. The maximum atomic E-state index is 10.6. The topological polar surface area (TPSA) is 53.8 Å². The second-order valence-electron chi connectivity index (χ2n) is 9.57. The van der Waals surface area contributed by atoms with Crippen molar-refractivity contribution in [3.05, 3.63) is 30.0 Å². The number of benzene rings is 1. The van der Waals surface area contributed by atoms with Gasteiger partial charge in [-0.15, -0.1) is 0 Å². The molecule has 2 aromatic rings. The summed E-state index contributed by atoms with van der Waals surface area (Å²) in [6.07, 6.45) is 7.38. The largest absolute Gasteiger partial charge is 0.392 e. The van der Waals surface area contributed by atoms with Gasteiger partial charge in [0, 0.05) is 51.3 Å². The lowest BCUT2D eigenvalue weighted by atomic mass is 9.71. The number of hydrogen-bond acceptors (Lipinski definition) is 5. The van der Waals surface area contributed by atoms with E-state index in [0.717, 1.165) is 65.2 Å². The third kappa shape index (κ3) is 4.08. The Hall–Kier alpha value is -1.47. The molecule has 1 atom stereocenters. The Bertz CT molecular complexity index is 837. The van der Waals surface area contributed by atoms with Gasteiger partial charge in [-0.25, -0.2) is 0 Å². The van der Waals surface area contributed by atoms with E-state index >= 15 is 0 Å². The van der Waals surface area contributed by atoms with Crippen LogP contribution in [0, 0.1) is 5.41 Å². The summed E-state index contributed by atoms with van der Waals surface area (Å²) in [6, 6.07) is 7.31. The average Bonchev–Trinajstić information content (AvgIpc) is 3.10. The molecule has 3 aliphatic heterocycles. The zero-order valence-electron chi connectivity index (χ0n) is 17.6. The molecule has 158 valence electrons. The van der Waals surface area contributed by atoms with E-state index in [2.05, 4.69) is 33.1 Å². The number of fused-ring (bicyclic) bond motifs is 1. The summed E-state index contributed by atoms with van der Waals surface area (Å²) in [4.78, 5) is 5.17. The number of aryl methyl sites for hydroxylation is 1. The molecule has 3 fully saturated rings. The molecule has 1 aromatic heterocycles. The first-order valence-electron chi connectivity index (χ1n) is 11.2. The van der Waals surface area contributed by atoms with Crippen LogP contribution in [-0.4, -0.2) is 76.2 Å². The van der Waals surface area contributed by atoms with Gasteiger partial charge < -0.3 is 9.84 Å². The molecule has 5 rings (SSSR count). The molecule has 6 heteroatoms. The lowest BCUT2D eigenvalue weighted by Gasteiger charge is -2.51. The Balaban J connectivity index is 1.21. The Morgan fingerprint density at radius 2 is 2.00 bits per heavy atom. The van der Waals surface area contributed by atoms with E-state index in [1.165, 1.54) is 29.3 Å². The number of aliphatic hydroxyl groups is 1. The van der Waals surface area contributed by atoms with Crippen molar-refractivity contribution in [1.82, 2.24) is 19.6 Å². The Morgan fingerprint density at radius 1 is 1.21 bits per heavy atom. The van der Waals surface area contributed by atoms with Crippen molar-refractivity contribution in [1.29, 1.82) is 0 Å². The summed E-state index contributed by atoms with van der Waals surface area (Å²) < 4.78 is 7.48. The van der Waals surface area contributed by atoms with Gasteiger partial charge in [-0.2, -0.15) is 5.10 Å². The minimum absolute atomic E-state index is 0.175. The Morgan fingerprint density at radius 3 is 2.79 bits per heavy atom. The first kappa shape index (κ1) is 19.5. The summed E-state index contributed by atoms with van der Waals surface area (Å²) in [6.45, 7) is 7.01. The molecule has 0 aliphatic carbocycles. The van der Waals surface area contributed by atoms with E-state index in [0.29, 0.717) is 11.5 Å². The van der Waals surface area contributed by atoms with Gasteiger partial charge in [-0.05, 0) is 68.3 Å². The zero-order valence-corrected chi connectivity index (χ0v) is 17.6. The van der Waals surface area contributed by atoms with Crippen LogP contribution in [0.4, 0.5) is 0 Å². The molecule has 3 aliphatic rings. The standard InChI is InChI=1S/C23H34N4O2/c1-25-22-3-2-18(12-19(22)14-24-25)15-26-8-6-23(7-9-26)13-21(28)16-27(17-23)20-4-10-29-11-5-20/h2-3,12,14,20-21,28H,4-11,13,15-17H2,1H3. The molecule has 6 nitrogen and oxygen atoms in total. The van der Waals surface area contributed by atoms with Gasteiger partial charge in [0.05, 0.1) is 17.8 Å². The molecule has 1 aromatic carbocycles. The molecule has 3 saturated heterocycles. The normalized spacial score (nSPS) is 27.0. The van der Waals surface area contributed by atoms with Gasteiger partial charge >= 0.3 is 0 Å². The number of piperidine rings is 2. The van der Waals surface area contributed by atoms with Gasteiger partial charge in [-0.3, -0.25) is 14.5 Å². The van der Waals surface area contributed by atoms with Crippen LogP contribution in [0.25, 0.3) is 10.9 Å². The number of rotatable bonds is 3. The first-order valence-corrected chi connectivity index (χ1v) is 11.2. The van der Waals surface area contributed by atoms with Crippen molar-refractivity contribution < 1.29 is 9.84 Å². The second-order valence-corrected chi connectivity index (χ2v) is 9.57. The van der Waals surface area contributed by atoms with Gasteiger partial charge in [0.2, 0.25) is 0 Å². The summed E-state index contributed by atoms with van der Waals surface area (Å²) in [5.41, 5.74) is 2.85. The SMILES string of the molecule is Cn1ncc2cc(CN3CCC4(CC3)CC(O)CN(C3CCOCC3)C4)ccc21. The minimum Gasteiger partial charge on any atom is -0.392 e. The van der Waals surface area contributed by atoms with Crippen LogP contribution >= 0.6 is 0 Å². The predicted molar refractivity (Wildman–Crippen MR) is 114 cm³/mol. The molecule has 0 radical (unpaired) electrons. The molecule has 1 spiro atoms. The number of aromatic nitrogens is 2. The second kappa shape index (κ2) is 7.99. The first-order chi connectivity index (χ1) is 14.1. The molecule has 1 N–H and O–H groups in total. The number of aliphatic hydroxyl groups excluding tert-OH is 1. The Labute approximate surface area is 173 Å². The number of hydrogen-bond donors (Lipinski definition) is 1. The number of nitrogens with zero attached hydrogens (tertiary/aromatic N) is 4. The van der Waals surface area contributed by atoms with Gasteiger partial charge in [0.1, 0.15) is 0 Å². The van der Waals surface area contributed by atoms with Crippen LogP contribution in [0.1, 0.15) is 37.7 Å². The van der Waals surface area contributed by atoms with Crippen LogP contribution in [0.2, 0.25) is 0 Å². The molecule has 4 heterocycles. The molecule has 0 saturated carbocycles. The van der Waals surface area contributed by atoms with Crippen molar-refractivity contribution in [2.75, 3.05) is 39.4 Å². The van der Waals surface area contributed by atoms with E-state index in [9.17, 15) is 5.11 Å². The van der Waals surface area contributed by atoms with Crippen LogP contribution in [0.5, 0.6) is 0 Å². The van der Waals surface area contributed by atoms with Crippen molar-refractivity contribution >= 4 is 10.9 Å². The summed E-state index contributed by atoms with van der Waals surface area (Å²) in [5, 5.41) is 16.2. The third-order valence-electron chi connectivity index (χ3n) is 7.49. The van der Waals surface area contributed by atoms with Crippen molar-refractivity contribution in [2.24, 2.45) is 12.5 Å². The molecular formula is C23H34N4O2. The van der Waals surface area contributed by atoms with E-state index in [-0.39, 0.29) is 6.10 Å². The summed E-state index contributed by atoms with van der Waals surface area (Å²) >= 11 is 0.